The molecule has 5 nitrogen and oxygen atoms in total. The van der Waals surface area contributed by atoms with Crippen LogP contribution in [0.2, 0.25) is 15.2 Å². The molecule has 1 saturated heterocycles. The second-order valence-corrected chi connectivity index (χ2v) is 6.87. The van der Waals surface area contributed by atoms with Crippen LogP contribution >= 0.6 is 34.8 Å². The third kappa shape index (κ3) is 4.24. The Balaban J connectivity index is 1.65. The topological polar surface area (TPSA) is 53.5 Å². The molecule has 1 aliphatic heterocycles. The van der Waals surface area contributed by atoms with Crippen molar-refractivity contribution in [3.8, 4) is 0 Å². The maximum atomic E-state index is 12.6. The Labute approximate surface area is 160 Å². The molecule has 1 aromatic carbocycles. The smallest absolute Gasteiger partial charge is 0.254 e. The van der Waals surface area contributed by atoms with Gasteiger partial charge in [0.15, 0.2) is 0 Å². The van der Waals surface area contributed by atoms with Crippen LogP contribution < -0.4 is 0 Å². The molecule has 2 heterocycles. The Morgan fingerprint density at radius 2 is 1.32 bits per heavy atom. The van der Waals surface area contributed by atoms with Gasteiger partial charge < -0.3 is 9.80 Å². The minimum atomic E-state index is -0.150. The first-order chi connectivity index (χ1) is 11.9. The number of aromatic nitrogens is 1. The summed E-state index contributed by atoms with van der Waals surface area (Å²) in [6, 6.07) is 7.92. The van der Waals surface area contributed by atoms with Crippen LogP contribution in [0.5, 0.6) is 0 Å². The largest absolute Gasteiger partial charge is 0.335 e. The standard InChI is InChI=1S/C17H14Cl3N3O2/c18-13-7-12(8-14(19)10-13)17(25)23-5-3-22(4-6-23)16(24)11-1-2-21-15(20)9-11/h1-2,7-10H,3-6H2. The van der Waals surface area contributed by atoms with Gasteiger partial charge in [0.1, 0.15) is 5.15 Å². The van der Waals surface area contributed by atoms with Crippen molar-refractivity contribution < 1.29 is 9.59 Å². The minimum absolute atomic E-state index is 0.123. The van der Waals surface area contributed by atoms with E-state index in [1.54, 1.807) is 34.1 Å². The molecule has 0 atom stereocenters. The van der Waals surface area contributed by atoms with Crippen molar-refractivity contribution in [1.82, 2.24) is 14.8 Å². The molecule has 0 unspecified atom stereocenters. The highest BCUT2D eigenvalue weighted by atomic mass is 35.5. The molecule has 1 aromatic heterocycles. The summed E-state index contributed by atoms with van der Waals surface area (Å²) in [5.74, 6) is -0.273. The zero-order valence-corrected chi connectivity index (χ0v) is 15.4. The van der Waals surface area contributed by atoms with E-state index >= 15 is 0 Å². The van der Waals surface area contributed by atoms with Gasteiger partial charge in [0.05, 0.1) is 0 Å². The van der Waals surface area contributed by atoms with E-state index in [0.29, 0.717) is 47.4 Å². The highest BCUT2D eigenvalue weighted by Gasteiger charge is 2.26. The van der Waals surface area contributed by atoms with E-state index < -0.39 is 0 Å². The summed E-state index contributed by atoms with van der Waals surface area (Å²) < 4.78 is 0. The summed E-state index contributed by atoms with van der Waals surface area (Å²) in [6.45, 7) is 1.76. The van der Waals surface area contributed by atoms with Crippen LogP contribution in [-0.2, 0) is 0 Å². The highest BCUT2D eigenvalue weighted by molar-refractivity contribution is 6.35. The second kappa shape index (κ2) is 7.60. The van der Waals surface area contributed by atoms with Gasteiger partial charge in [0, 0.05) is 53.5 Å². The molecular formula is C17H14Cl3N3O2. The van der Waals surface area contributed by atoms with Crippen LogP contribution in [0.15, 0.2) is 36.5 Å². The van der Waals surface area contributed by atoms with Crippen LogP contribution in [0.1, 0.15) is 20.7 Å². The number of carbonyl (C=O) groups excluding carboxylic acids is 2. The third-order valence-electron chi connectivity index (χ3n) is 3.94. The molecule has 2 amide bonds. The van der Waals surface area contributed by atoms with E-state index in [0.717, 1.165) is 0 Å². The van der Waals surface area contributed by atoms with Gasteiger partial charge in [-0.05, 0) is 30.3 Å². The molecule has 0 radical (unpaired) electrons. The fourth-order valence-corrected chi connectivity index (χ4v) is 3.39. The minimum Gasteiger partial charge on any atom is -0.335 e. The summed E-state index contributed by atoms with van der Waals surface area (Å²) in [6.07, 6.45) is 1.50. The van der Waals surface area contributed by atoms with Gasteiger partial charge in [-0.3, -0.25) is 9.59 Å². The zero-order valence-electron chi connectivity index (χ0n) is 13.1. The fraction of sp³-hybridized carbons (Fsp3) is 0.235. The molecule has 130 valence electrons. The van der Waals surface area contributed by atoms with Crippen molar-refractivity contribution in [2.45, 2.75) is 0 Å². The summed E-state index contributed by atoms with van der Waals surface area (Å²) in [7, 11) is 0. The van der Waals surface area contributed by atoms with E-state index in [1.807, 2.05) is 0 Å². The van der Waals surface area contributed by atoms with E-state index in [1.165, 1.54) is 12.3 Å². The number of amides is 2. The van der Waals surface area contributed by atoms with Gasteiger partial charge in [0.25, 0.3) is 11.8 Å². The van der Waals surface area contributed by atoms with Crippen molar-refractivity contribution in [3.63, 3.8) is 0 Å². The van der Waals surface area contributed by atoms with E-state index in [4.69, 9.17) is 34.8 Å². The Morgan fingerprint density at radius 3 is 1.84 bits per heavy atom. The Morgan fingerprint density at radius 1 is 0.800 bits per heavy atom. The molecular weight excluding hydrogens is 385 g/mol. The number of carbonyl (C=O) groups is 2. The van der Waals surface area contributed by atoms with Gasteiger partial charge in [0.2, 0.25) is 0 Å². The molecule has 1 fully saturated rings. The van der Waals surface area contributed by atoms with Gasteiger partial charge in [-0.1, -0.05) is 34.8 Å². The lowest BCUT2D eigenvalue weighted by atomic mass is 10.1. The lowest BCUT2D eigenvalue weighted by molar-refractivity contribution is 0.0535. The summed E-state index contributed by atoms with van der Waals surface area (Å²) in [4.78, 5) is 32.3. The summed E-state index contributed by atoms with van der Waals surface area (Å²) in [5.41, 5.74) is 0.930. The summed E-state index contributed by atoms with van der Waals surface area (Å²) >= 11 is 17.7. The zero-order chi connectivity index (χ0) is 18.0. The average Bonchev–Trinajstić information content (AvgIpc) is 2.60. The number of rotatable bonds is 2. The Hall–Kier alpha value is -1.82. The SMILES string of the molecule is O=C(c1cc(Cl)cc(Cl)c1)N1CCN(C(=O)c2ccnc(Cl)c2)CC1. The number of benzene rings is 1. The van der Waals surface area contributed by atoms with Crippen molar-refractivity contribution in [1.29, 1.82) is 0 Å². The molecule has 0 spiro atoms. The molecule has 8 heteroatoms. The first-order valence-corrected chi connectivity index (χ1v) is 8.73. The number of piperazine rings is 1. The van der Waals surface area contributed by atoms with Crippen LogP contribution in [0, 0.1) is 0 Å². The lowest BCUT2D eigenvalue weighted by Crippen LogP contribution is -2.50. The van der Waals surface area contributed by atoms with Gasteiger partial charge in [-0.2, -0.15) is 0 Å². The highest BCUT2D eigenvalue weighted by Crippen LogP contribution is 2.21. The number of hydrogen-bond donors (Lipinski definition) is 0. The van der Waals surface area contributed by atoms with E-state index in [2.05, 4.69) is 4.98 Å². The maximum absolute atomic E-state index is 12.6. The van der Waals surface area contributed by atoms with Crippen LogP contribution in [0.25, 0.3) is 0 Å². The normalized spacial score (nSPS) is 14.5. The molecule has 3 rings (SSSR count). The molecule has 25 heavy (non-hydrogen) atoms. The molecule has 0 bridgehead atoms. The number of halogens is 3. The number of nitrogens with zero attached hydrogens (tertiary/aromatic N) is 3. The van der Waals surface area contributed by atoms with Crippen LogP contribution in [0.4, 0.5) is 0 Å². The quantitative estimate of drug-likeness (QED) is 0.726. The maximum Gasteiger partial charge on any atom is 0.254 e. The monoisotopic (exact) mass is 397 g/mol. The van der Waals surface area contributed by atoms with Crippen LogP contribution in [0.3, 0.4) is 0 Å². The van der Waals surface area contributed by atoms with Crippen LogP contribution in [-0.4, -0.2) is 52.8 Å². The molecule has 0 saturated carbocycles. The second-order valence-electron chi connectivity index (χ2n) is 5.61. The molecule has 2 aromatic rings. The fourth-order valence-electron chi connectivity index (χ4n) is 2.69. The van der Waals surface area contributed by atoms with Crippen molar-refractivity contribution in [3.05, 3.63) is 62.9 Å². The Kier molecular flexibility index (Phi) is 5.47. The van der Waals surface area contributed by atoms with Gasteiger partial charge in [-0.25, -0.2) is 4.98 Å². The lowest BCUT2D eigenvalue weighted by Gasteiger charge is -2.35. The van der Waals surface area contributed by atoms with Gasteiger partial charge >= 0.3 is 0 Å². The van der Waals surface area contributed by atoms with Crippen molar-refractivity contribution in [2.75, 3.05) is 26.2 Å². The number of hydrogen-bond acceptors (Lipinski definition) is 3. The molecule has 0 N–H and O–H groups in total. The predicted molar refractivity (Wildman–Crippen MR) is 97.5 cm³/mol. The third-order valence-corrected chi connectivity index (χ3v) is 4.58. The predicted octanol–water partition coefficient (Wildman–Crippen LogP) is 3.64. The van der Waals surface area contributed by atoms with E-state index in [9.17, 15) is 9.59 Å². The Bertz CT molecular complexity index is 800. The molecule has 0 aliphatic carbocycles. The number of pyridine rings is 1. The first kappa shape index (κ1) is 18.0. The molecule has 1 aliphatic rings. The van der Waals surface area contributed by atoms with Crippen molar-refractivity contribution in [2.24, 2.45) is 0 Å². The average molecular weight is 399 g/mol. The van der Waals surface area contributed by atoms with Crippen molar-refractivity contribution >= 4 is 46.6 Å². The summed E-state index contributed by atoms with van der Waals surface area (Å²) in [5, 5.41) is 1.11. The van der Waals surface area contributed by atoms with E-state index in [-0.39, 0.29) is 17.0 Å². The van der Waals surface area contributed by atoms with Gasteiger partial charge in [-0.15, -0.1) is 0 Å². The first-order valence-electron chi connectivity index (χ1n) is 7.60.